The molecular weight excluding hydrogens is 326 g/mol. The molecule has 2 aliphatic rings. The molecule has 4 heteroatoms. The van der Waals surface area contributed by atoms with E-state index in [4.69, 9.17) is 0 Å². The number of piperidine rings is 1. The Morgan fingerprint density at radius 1 is 1.00 bits per heavy atom. The molecule has 2 fully saturated rings. The van der Waals surface area contributed by atoms with E-state index in [2.05, 4.69) is 47.2 Å². The highest BCUT2D eigenvalue weighted by Gasteiger charge is 2.32. The number of piperazine rings is 1. The van der Waals surface area contributed by atoms with E-state index in [-0.39, 0.29) is 0 Å². The normalized spacial score (nSPS) is 33.8. The van der Waals surface area contributed by atoms with Crippen LogP contribution in [0.2, 0.25) is 0 Å². The van der Waals surface area contributed by atoms with Crippen molar-refractivity contribution in [2.24, 2.45) is 0 Å². The number of quaternary nitrogens is 3. The van der Waals surface area contributed by atoms with Gasteiger partial charge >= 0.3 is 0 Å². The summed E-state index contributed by atoms with van der Waals surface area (Å²) in [4.78, 5) is 5.37. The highest BCUT2D eigenvalue weighted by molar-refractivity contribution is 9.10. The second-order valence-corrected chi connectivity index (χ2v) is 7.76. The fraction of sp³-hybridized carbons (Fsp3) is 0.647. The molecule has 0 atom stereocenters. The topological polar surface area (TPSA) is 13.3 Å². The molecule has 3 N–H and O–H groups in total. The molecule has 116 valence electrons. The largest absolute Gasteiger partial charge is 0.331 e. The van der Waals surface area contributed by atoms with Crippen LogP contribution in [0.4, 0.5) is 0 Å². The quantitative estimate of drug-likeness (QED) is 0.579. The molecule has 2 aliphatic heterocycles. The maximum Gasteiger partial charge on any atom is 0.127 e. The molecule has 21 heavy (non-hydrogen) atoms. The Hall–Kier alpha value is -0.420. The molecule has 0 amide bonds. The Bertz CT molecular complexity index is 449. The first kappa shape index (κ1) is 15.5. The van der Waals surface area contributed by atoms with Crippen LogP contribution in [0.1, 0.15) is 18.4 Å². The van der Waals surface area contributed by atoms with Gasteiger partial charge in [-0.1, -0.05) is 34.1 Å². The molecule has 2 saturated heterocycles. The number of benzene rings is 1. The van der Waals surface area contributed by atoms with Gasteiger partial charge in [0.1, 0.15) is 32.7 Å². The smallest absolute Gasteiger partial charge is 0.127 e. The summed E-state index contributed by atoms with van der Waals surface area (Å²) < 4.78 is 1.27. The van der Waals surface area contributed by atoms with Crippen LogP contribution in [0, 0.1) is 0 Å². The SMILES string of the molecule is C[NH+]1CC[NH+](C2CC[NH+](Cc3ccccc3Br)CC2)CC1. The van der Waals surface area contributed by atoms with Crippen molar-refractivity contribution in [3.05, 3.63) is 34.3 Å². The van der Waals surface area contributed by atoms with Gasteiger partial charge in [-0.15, -0.1) is 0 Å². The van der Waals surface area contributed by atoms with Gasteiger partial charge in [-0.05, 0) is 6.07 Å². The van der Waals surface area contributed by atoms with Crippen molar-refractivity contribution in [3.8, 4) is 0 Å². The molecule has 0 spiro atoms. The minimum Gasteiger partial charge on any atom is -0.331 e. The number of likely N-dealkylation sites (N-methyl/N-ethyl adjacent to an activating group) is 1. The molecule has 0 radical (unpaired) electrons. The predicted octanol–water partition coefficient (Wildman–Crippen LogP) is -1.59. The Kier molecular flexibility index (Phi) is 5.33. The zero-order chi connectivity index (χ0) is 14.7. The van der Waals surface area contributed by atoms with Crippen LogP contribution >= 0.6 is 15.9 Å². The fourth-order valence-corrected chi connectivity index (χ4v) is 4.35. The van der Waals surface area contributed by atoms with Gasteiger partial charge < -0.3 is 14.7 Å². The molecule has 2 heterocycles. The summed E-state index contributed by atoms with van der Waals surface area (Å²) in [5.74, 6) is 0. The van der Waals surface area contributed by atoms with Crippen LogP contribution in [-0.4, -0.2) is 52.4 Å². The van der Waals surface area contributed by atoms with E-state index >= 15 is 0 Å². The van der Waals surface area contributed by atoms with E-state index in [1.165, 1.54) is 68.7 Å². The lowest BCUT2D eigenvalue weighted by Crippen LogP contribution is -3.29. The Morgan fingerprint density at radius 3 is 2.33 bits per heavy atom. The molecule has 3 nitrogen and oxygen atoms in total. The van der Waals surface area contributed by atoms with Gasteiger partial charge in [0.05, 0.1) is 26.2 Å². The van der Waals surface area contributed by atoms with E-state index in [1.54, 1.807) is 9.80 Å². The lowest BCUT2D eigenvalue weighted by Gasteiger charge is -2.37. The fourth-order valence-electron chi connectivity index (χ4n) is 3.93. The highest BCUT2D eigenvalue weighted by Crippen LogP contribution is 2.14. The van der Waals surface area contributed by atoms with Crippen molar-refractivity contribution in [2.45, 2.75) is 25.4 Å². The standard InChI is InChI=1S/C17H26BrN3/c1-19-10-12-21(13-11-19)16-6-8-20(9-7-16)14-15-4-2-3-5-17(15)18/h2-5,16H,6-14H2,1H3/p+3. The molecule has 1 aromatic rings. The zero-order valence-corrected chi connectivity index (χ0v) is 14.7. The third-order valence-electron chi connectivity index (χ3n) is 5.41. The second kappa shape index (κ2) is 7.23. The average Bonchev–Trinajstić information content (AvgIpc) is 2.51. The van der Waals surface area contributed by atoms with E-state index in [0.717, 1.165) is 6.04 Å². The van der Waals surface area contributed by atoms with Crippen molar-refractivity contribution in [2.75, 3.05) is 46.3 Å². The summed E-state index contributed by atoms with van der Waals surface area (Å²) in [5, 5.41) is 0. The van der Waals surface area contributed by atoms with E-state index in [0.29, 0.717) is 0 Å². The van der Waals surface area contributed by atoms with Crippen LogP contribution in [0.3, 0.4) is 0 Å². The van der Waals surface area contributed by atoms with Gasteiger partial charge in [0.25, 0.3) is 0 Å². The third kappa shape index (κ3) is 4.07. The second-order valence-electron chi connectivity index (χ2n) is 6.91. The van der Waals surface area contributed by atoms with Crippen molar-refractivity contribution >= 4 is 15.9 Å². The van der Waals surface area contributed by atoms with Crippen molar-refractivity contribution < 1.29 is 14.7 Å². The summed E-state index contributed by atoms with van der Waals surface area (Å²) >= 11 is 3.68. The summed E-state index contributed by atoms with van der Waals surface area (Å²) in [6, 6.07) is 9.62. The van der Waals surface area contributed by atoms with Gasteiger partial charge in [0.15, 0.2) is 0 Å². The minimum absolute atomic E-state index is 0.932. The lowest BCUT2D eigenvalue weighted by atomic mass is 10.0. The molecule has 0 bridgehead atoms. The first-order chi connectivity index (χ1) is 10.2. The number of halogens is 1. The number of likely N-dealkylation sites (tertiary alicyclic amines) is 1. The molecule has 0 saturated carbocycles. The number of hydrogen-bond acceptors (Lipinski definition) is 0. The molecule has 0 aliphatic carbocycles. The van der Waals surface area contributed by atoms with E-state index in [9.17, 15) is 0 Å². The van der Waals surface area contributed by atoms with Gasteiger partial charge in [-0.25, -0.2) is 0 Å². The minimum atomic E-state index is 0.932. The van der Waals surface area contributed by atoms with Crippen LogP contribution in [0.5, 0.6) is 0 Å². The lowest BCUT2D eigenvalue weighted by molar-refractivity contribution is -1.02. The zero-order valence-electron chi connectivity index (χ0n) is 13.1. The summed E-state index contributed by atoms with van der Waals surface area (Å²) in [5.41, 5.74) is 1.46. The maximum absolute atomic E-state index is 3.68. The van der Waals surface area contributed by atoms with Crippen LogP contribution in [-0.2, 0) is 6.54 Å². The predicted molar refractivity (Wildman–Crippen MR) is 88.9 cm³/mol. The first-order valence-corrected chi connectivity index (χ1v) is 9.24. The first-order valence-electron chi connectivity index (χ1n) is 8.45. The number of rotatable bonds is 3. The van der Waals surface area contributed by atoms with Gasteiger partial charge in [-0.3, -0.25) is 0 Å². The molecular formula is C17H29BrN3+3. The van der Waals surface area contributed by atoms with Crippen LogP contribution < -0.4 is 14.7 Å². The van der Waals surface area contributed by atoms with E-state index < -0.39 is 0 Å². The summed E-state index contributed by atoms with van der Waals surface area (Å²) in [6.07, 6.45) is 2.82. The Morgan fingerprint density at radius 2 is 1.67 bits per heavy atom. The van der Waals surface area contributed by atoms with Crippen molar-refractivity contribution in [3.63, 3.8) is 0 Å². The molecule has 0 aromatic heterocycles. The van der Waals surface area contributed by atoms with Gasteiger partial charge in [0.2, 0.25) is 0 Å². The third-order valence-corrected chi connectivity index (χ3v) is 6.19. The van der Waals surface area contributed by atoms with E-state index in [1.807, 2.05) is 4.90 Å². The van der Waals surface area contributed by atoms with Crippen molar-refractivity contribution in [1.82, 2.24) is 0 Å². The molecule has 3 rings (SSSR count). The maximum atomic E-state index is 3.68. The molecule has 1 aromatic carbocycles. The molecule has 0 unspecified atom stereocenters. The monoisotopic (exact) mass is 354 g/mol. The average molecular weight is 355 g/mol. The number of nitrogens with one attached hydrogen (secondary N) is 3. The number of hydrogen-bond donors (Lipinski definition) is 3. The Balaban J connectivity index is 1.48. The van der Waals surface area contributed by atoms with Gasteiger partial charge in [-0.2, -0.15) is 0 Å². The van der Waals surface area contributed by atoms with Crippen molar-refractivity contribution in [1.29, 1.82) is 0 Å². The summed E-state index contributed by atoms with van der Waals surface area (Å²) in [6.45, 7) is 9.36. The van der Waals surface area contributed by atoms with Crippen LogP contribution in [0.25, 0.3) is 0 Å². The van der Waals surface area contributed by atoms with Crippen LogP contribution in [0.15, 0.2) is 28.7 Å². The summed E-state index contributed by atoms with van der Waals surface area (Å²) in [7, 11) is 2.33. The van der Waals surface area contributed by atoms with Gasteiger partial charge in [0, 0.05) is 22.9 Å². The highest BCUT2D eigenvalue weighted by atomic mass is 79.9. The Labute approximate surface area is 137 Å².